The van der Waals surface area contributed by atoms with E-state index in [1.807, 2.05) is 78.9 Å². The smallest absolute Gasteiger partial charge is 0.164 e. The summed E-state index contributed by atoms with van der Waals surface area (Å²) in [7, 11) is 0. The minimum Gasteiger partial charge on any atom is -0.208 e. The first kappa shape index (κ1) is 23.0. The van der Waals surface area contributed by atoms with E-state index in [-0.39, 0.29) is 0 Å². The predicted octanol–water partition coefficient (Wildman–Crippen LogP) is 8.78. The van der Waals surface area contributed by atoms with Crippen LogP contribution in [-0.2, 0) is 0 Å². The fraction of sp³-hybridized carbons (Fsp3) is 0. The fourth-order valence-electron chi connectivity index (χ4n) is 4.78. The molecule has 7 aromatic rings. The molecule has 0 aliphatic carbocycles. The first-order valence-corrected chi connectivity index (χ1v) is 13.4. The predicted molar refractivity (Wildman–Crippen MR) is 159 cm³/mol. The average Bonchev–Trinajstić information content (AvgIpc) is 3.39. The Labute approximate surface area is 229 Å². The first-order valence-electron chi connectivity index (χ1n) is 12.6. The number of fused-ring (bicyclic) bond motifs is 3. The van der Waals surface area contributed by atoms with Crippen LogP contribution in [0.4, 0.5) is 0 Å². The number of hydrogen-bond donors (Lipinski definition) is 0. The summed E-state index contributed by atoms with van der Waals surface area (Å²) in [5, 5.41) is 11.7. The van der Waals surface area contributed by atoms with Gasteiger partial charge in [0, 0.05) is 36.9 Å². The van der Waals surface area contributed by atoms with Gasteiger partial charge in [-0.25, -0.2) is 15.0 Å². The van der Waals surface area contributed by atoms with Crippen molar-refractivity contribution in [3.63, 3.8) is 0 Å². The van der Waals surface area contributed by atoms with Gasteiger partial charge in [-0.1, -0.05) is 91.0 Å². The zero-order valence-electron chi connectivity index (χ0n) is 20.7. The van der Waals surface area contributed by atoms with Crippen LogP contribution in [0.5, 0.6) is 0 Å². The molecule has 0 aliphatic heterocycles. The monoisotopic (exact) mass is 516 g/mol. The molecule has 7 rings (SSSR count). The maximum atomic E-state index is 9.36. The van der Waals surface area contributed by atoms with Crippen LogP contribution in [0.25, 0.3) is 65.5 Å². The van der Waals surface area contributed by atoms with E-state index in [9.17, 15) is 5.26 Å². The van der Waals surface area contributed by atoms with Gasteiger partial charge in [0.15, 0.2) is 17.5 Å². The van der Waals surface area contributed by atoms with Crippen LogP contribution in [0.15, 0.2) is 121 Å². The van der Waals surface area contributed by atoms with E-state index in [1.165, 1.54) is 14.8 Å². The van der Waals surface area contributed by atoms with E-state index in [0.717, 1.165) is 33.2 Å². The number of nitrogens with zero attached hydrogens (tertiary/aromatic N) is 4. The molecule has 5 aromatic carbocycles. The van der Waals surface area contributed by atoms with Gasteiger partial charge in [-0.15, -0.1) is 11.3 Å². The van der Waals surface area contributed by atoms with Crippen LogP contribution >= 0.6 is 11.3 Å². The molecule has 0 aliphatic rings. The quantitative estimate of drug-likeness (QED) is 0.235. The van der Waals surface area contributed by atoms with Gasteiger partial charge in [0.2, 0.25) is 0 Å². The van der Waals surface area contributed by atoms with Gasteiger partial charge in [0.25, 0.3) is 0 Å². The Balaban J connectivity index is 1.30. The van der Waals surface area contributed by atoms with Crippen molar-refractivity contribution in [2.45, 2.75) is 0 Å². The van der Waals surface area contributed by atoms with E-state index in [0.29, 0.717) is 23.0 Å². The van der Waals surface area contributed by atoms with Crippen LogP contribution in [0.1, 0.15) is 5.56 Å². The lowest BCUT2D eigenvalue weighted by Crippen LogP contribution is -2.00. The van der Waals surface area contributed by atoms with Gasteiger partial charge in [0.1, 0.15) is 0 Å². The largest absolute Gasteiger partial charge is 0.208 e. The summed E-state index contributed by atoms with van der Waals surface area (Å²) in [5.74, 6) is 1.93. The van der Waals surface area contributed by atoms with Gasteiger partial charge in [-0.2, -0.15) is 5.26 Å². The van der Waals surface area contributed by atoms with Crippen molar-refractivity contribution in [3.8, 4) is 51.4 Å². The SMILES string of the molecule is N#Cc1ccc2sc3ccc(-c4ccc(-c5nc(-c6ccccc6)nc(-c6ccccc6)n5)cc4)cc3c2c1. The normalized spacial score (nSPS) is 11.1. The number of benzene rings is 5. The highest BCUT2D eigenvalue weighted by molar-refractivity contribution is 7.25. The highest BCUT2D eigenvalue weighted by Crippen LogP contribution is 2.37. The van der Waals surface area contributed by atoms with E-state index in [2.05, 4.69) is 48.5 Å². The Morgan fingerprint density at radius 3 is 1.49 bits per heavy atom. The summed E-state index contributed by atoms with van der Waals surface area (Å²) < 4.78 is 2.40. The minimum absolute atomic E-state index is 0.637. The number of rotatable bonds is 4. The van der Waals surface area contributed by atoms with Crippen molar-refractivity contribution in [1.82, 2.24) is 15.0 Å². The molecule has 2 aromatic heterocycles. The van der Waals surface area contributed by atoms with Gasteiger partial charge in [-0.3, -0.25) is 0 Å². The molecule has 2 heterocycles. The topological polar surface area (TPSA) is 62.5 Å². The molecule has 0 atom stereocenters. The van der Waals surface area contributed by atoms with Crippen LogP contribution in [-0.4, -0.2) is 15.0 Å². The Bertz CT molecular complexity index is 1950. The maximum Gasteiger partial charge on any atom is 0.164 e. The average molecular weight is 517 g/mol. The van der Waals surface area contributed by atoms with Gasteiger partial charge in [0.05, 0.1) is 11.6 Å². The van der Waals surface area contributed by atoms with Crippen molar-refractivity contribution < 1.29 is 0 Å². The Kier molecular flexibility index (Phi) is 5.66. The second-order valence-corrected chi connectivity index (χ2v) is 10.3. The van der Waals surface area contributed by atoms with E-state index in [1.54, 1.807) is 11.3 Å². The number of aromatic nitrogens is 3. The Morgan fingerprint density at radius 1 is 0.462 bits per heavy atom. The third-order valence-electron chi connectivity index (χ3n) is 6.77. The molecule has 0 bridgehead atoms. The van der Waals surface area contributed by atoms with Crippen LogP contribution in [0.3, 0.4) is 0 Å². The molecule has 0 saturated heterocycles. The third-order valence-corrected chi connectivity index (χ3v) is 7.93. The van der Waals surface area contributed by atoms with Crippen molar-refractivity contribution in [1.29, 1.82) is 5.26 Å². The van der Waals surface area contributed by atoms with E-state index < -0.39 is 0 Å². The van der Waals surface area contributed by atoms with E-state index in [4.69, 9.17) is 15.0 Å². The van der Waals surface area contributed by atoms with Gasteiger partial charge in [-0.05, 0) is 41.5 Å². The molecular formula is C34H20N4S. The highest BCUT2D eigenvalue weighted by atomic mass is 32.1. The second kappa shape index (κ2) is 9.60. The maximum absolute atomic E-state index is 9.36. The number of nitriles is 1. The number of thiophene rings is 1. The Morgan fingerprint density at radius 2 is 0.923 bits per heavy atom. The van der Waals surface area contributed by atoms with Crippen molar-refractivity contribution in [3.05, 3.63) is 127 Å². The molecule has 0 amide bonds. The molecule has 5 heteroatoms. The third kappa shape index (κ3) is 4.33. The lowest BCUT2D eigenvalue weighted by molar-refractivity contribution is 1.07. The lowest BCUT2D eigenvalue weighted by Gasteiger charge is -2.09. The zero-order valence-corrected chi connectivity index (χ0v) is 21.6. The standard InChI is InChI=1S/C34H20N4S/c35-21-22-11-17-30-28(19-22)29-20-27(16-18-31(29)39-30)23-12-14-26(15-13-23)34-37-32(24-7-3-1-4-8-24)36-33(38-34)25-9-5-2-6-10-25/h1-20H. The lowest BCUT2D eigenvalue weighted by atomic mass is 10.0. The summed E-state index contributed by atoms with van der Waals surface area (Å²) in [4.78, 5) is 14.5. The van der Waals surface area contributed by atoms with Gasteiger partial charge < -0.3 is 0 Å². The van der Waals surface area contributed by atoms with Crippen LogP contribution in [0.2, 0.25) is 0 Å². The minimum atomic E-state index is 0.637. The summed E-state index contributed by atoms with van der Waals surface area (Å²) in [6.07, 6.45) is 0. The highest BCUT2D eigenvalue weighted by Gasteiger charge is 2.13. The molecule has 0 N–H and O–H groups in total. The molecule has 4 nitrogen and oxygen atoms in total. The van der Waals surface area contributed by atoms with E-state index >= 15 is 0 Å². The van der Waals surface area contributed by atoms with Crippen molar-refractivity contribution in [2.24, 2.45) is 0 Å². The second-order valence-electron chi connectivity index (χ2n) is 9.25. The van der Waals surface area contributed by atoms with Gasteiger partial charge >= 0.3 is 0 Å². The first-order chi connectivity index (χ1) is 19.2. The Hall–Kier alpha value is -5.18. The molecule has 0 spiro atoms. The summed E-state index contributed by atoms with van der Waals surface area (Å²) in [5.41, 5.74) is 5.74. The molecule has 0 fully saturated rings. The van der Waals surface area contributed by atoms with Crippen molar-refractivity contribution in [2.75, 3.05) is 0 Å². The summed E-state index contributed by atoms with van der Waals surface area (Å²) in [6, 6.07) is 43.0. The molecule has 0 radical (unpaired) electrons. The van der Waals surface area contributed by atoms with Crippen LogP contribution in [0, 0.1) is 11.3 Å². The summed E-state index contributed by atoms with van der Waals surface area (Å²) >= 11 is 1.75. The molecule has 182 valence electrons. The zero-order chi connectivity index (χ0) is 26.2. The summed E-state index contributed by atoms with van der Waals surface area (Å²) in [6.45, 7) is 0. The molecular weight excluding hydrogens is 496 g/mol. The van der Waals surface area contributed by atoms with Crippen molar-refractivity contribution >= 4 is 31.5 Å². The molecule has 0 unspecified atom stereocenters. The fourth-order valence-corrected chi connectivity index (χ4v) is 5.84. The molecule has 39 heavy (non-hydrogen) atoms. The van der Waals surface area contributed by atoms with Crippen LogP contribution < -0.4 is 0 Å². The number of hydrogen-bond acceptors (Lipinski definition) is 5. The molecule has 0 saturated carbocycles.